The minimum atomic E-state index is -3.51. The molecule has 2 rings (SSSR count). The van der Waals surface area contributed by atoms with Gasteiger partial charge < -0.3 is 13.8 Å². The minimum absolute atomic E-state index is 0.219. The highest BCUT2D eigenvalue weighted by Gasteiger charge is 2.46. The Labute approximate surface area is 119 Å². The molecule has 1 aromatic rings. The van der Waals surface area contributed by atoms with Gasteiger partial charge in [0, 0.05) is 10.0 Å². The van der Waals surface area contributed by atoms with E-state index in [0.29, 0.717) is 11.1 Å². The average molecular weight is 349 g/mol. The Balaban J connectivity index is 2.43. The van der Waals surface area contributed by atoms with Crippen LogP contribution in [0, 0.1) is 0 Å². The van der Waals surface area contributed by atoms with E-state index in [1.54, 1.807) is 32.0 Å². The lowest BCUT2D eigenvalue weighted by Gasteiger charge is -2.22. The SMILES string of the molecule is CCOP(=O)(OCC)C1OC(=O)c2cc(Br)ccc21. The first-order valence-electron chi connectivity index (χ1n) is 5.91. The van der Waals surface area contributed by atoms with E-state index in [9.17, 15) is 9.36 Å². The van der Waals surface area contributed by atoms with Crippen LogP contribution in [0.1, 0.15) is 35.6 Å². The third-order valence-electron chi connectivity index (χ3n) is 2.63. The number of carbonyl (C=O) groups excluding carboxylic acids is 1. The number of ether oxygens (including phenoxy) is 1. The van der Waals surface area contributed by atoms with Gasteiger partial charge in [-0.25, -0.2) is 4.79 Å². The number of cyclic esters (lactones) is 1. The fourth-order valence-corrected chi connectivity index (χ4v) is 4.13. The highest BCUT2D eigenvalue weighted by molar-refractivity contribution is 9.10. The molecule has 1 unspecified atom stereocenters. The van der Waals surface area contributed by atoms with E-state index in [1.165, 1.54) is 0 Å². The molecular formula is C12H14BrO5P. The van der Waals surface area contributed by atoms with Crippen LogP contribution >= 0.6 is 23.5 Å². The summed E-state index contributed by atoms with van der Waals surface area (Å²) in [6.07, 6.45) is 0. The van der Waals surface area contributed by atoms with Crippen molar-refractivity contribution in [3.8, 4) is 0 Å². The van der Waals surface area contributed by atoms with Crippen molar-refractivity contribution in [2.24, 2.45) is 0 Å². The molecule has 0 radical (unpaired) electrons. The summed E-state index contributed by atoms with van der Waals surface area (Å²) in [5, 5.41) is 0. The molecule has 19 heavy (non-hydrogen) atoms. The molecule has 5 nitrogen and oxygen atoms in total. The number of benzene rings is 1. The van der Waals surface area contributed by atoms with Crippen LogP contribution in [0.25, 0.3) is 0 Å². The molecule has 0 saturated heterocycles. The van der Waals surface area contributed by atoms with Crippen LogP contribution in [0.3, 0.4) is 0 Å². The summed E-state index contributed by atoms with van der Waals surface area (Å²) in [6.45, 7) is 3.87. The summed E-state index contributed by atoms with van der Waals surface area (Å²) in [6, 6.07) is 5.09. The van der Waals surface area contributed by atoms with E-state index in [1.807, 2.05) is 0 Å². The van der Waals surface area contributed by atoms with Crippen molar-refractivity contribution < 1.29 is 23.1 Å². The zero-order chi connectivity index (χ0) is 14.0. The predicted octanol–water partition coefficient (Wildman–Crippen LogP) is 3.88. The van der Waals surface area contributed by atoms with Gasteiger partial charge in [0.1, 0.15) is 0 Å². The number of esters is 1. The van der Waals surface area contributed by atoms with Crippen LogP contribution in [0.4, 0.5) is 0 Å². The van der Waals surface area contributed by atoms with Gasteiger partial charge in [0.15, 0.2) is 0 Å². The number of fused-ring (bicyclic) bond motifs is 1. The quantitative estimate of drug-likeness (QED) is 0.596. The number of hydrogen-bond donors (Lipinski definition) is 0. The lowest BCUT2D eigenvalue weighted by atomic mass is 10.1. The summed E-state index contributed by atoms with van der Waals surface area (Å²) in [4.78, 5) is 11.8. The van der Waals surface area contributed by atoms with Crippen LogP contribution in [0.15, 0.2) is 22.7 Å². The Morgan fingerprint density at radius 3 is 2.53 bits per heavy atom. The lowest BCUT2D eigenvalue weighted by molar-refractivity contribution is 0.0440. The Hall–Kier alpha value is -0.680. The predicted molar refractivity (Wildman–Crippen MR) is 73.2 cm³/mol. The van der Waals surface area contributed by atoms with Crippen LogP contribution in [-0.2, 0) is 18.3 Å². The molecule has 0 bridgehead atoms. The molecule has 0 aromatic heterocycles. The Morgan fingerprint density at radius 1 is 1.32 bits per heavy atom. The summed E-state index contributed by atoms with van der Waals surface area (Å²) in [5.41, 5.74) is 0.928. The van der Waals surface area contributed by atoms with E-state index in [2.05, 4.69) is 15.9 Å². The third-order valence-corrected chi connectivity index (χ3v) is 5.31. The standard InChI is InChI=1S/C12H14BrO5P/c1-3-16-19(15,17-4-2)12-9-6-5-8(13)7-10(9)11(14)18-12/h5-7,12H,3-4H2,1-2H3. The maximum atomic E-state index is 12.7. The zero-order valence-corrected chi connectivity index (χ0v) is 13.1. The number of halogens is 1. The first-order chi connectivity index (χ1) is 9.01. The Kier molecular flexibility index (Phi) is 4.46. The Morgan fingerprint density at radius 2 is 1.95 bits per heavy atom. The summed E-state index contributed by atoms with van der Waals surface area (Å²) in [7, 11) is -3.51. The van der Waals surface area contributed by atoms with Crippen molar-refractivity contribution in [1.82, 2.24) is 0 Å². The van der Waals surface area contributed by atoms with Crippen LogP contribution in [-0.4, -0.2) is 19.2 Å². The smallest absolute Gasteiger partial charge is 0.375 e. The van der Waals surface area contributed by atoms with Crippen molar-refractivity contribution in [1.29, 1.82) is 0 Å². The fourth-order valence-electron chi connectivity index (χ4n) is 1.92. The maximum absolute atomic E-state index is 12.7. The maximum Gasteiger partial charge on any atom is 0.375 e. The molecule has 1 aromatic carbocycles. The summed E-state index contributed by atoms with van der Waals surface area (Å²) in [5.74, 6) is -1.50. The van der Waals surface area contributed by atoms with Gasteiger partial charge in [-0.05, 0) is 26.0 Å². The van der Waals surface area contributed by atoms with Gasteiger partial charge >= 0.3 is 13.6 Å². The van der Waals surface area contributed by atoms with E-state index in [-0.39, 0.29) is 13.2 Å². The summed E-state index contributed by atoms with van der Waals surface area (Å²) < 4.78 is 29.1. The fraction of sp³-hybridized carbons (Fsp3) is 0.417. The van der Waals surface area contributed by atoms with Crippen LogP contribution in [0.2, 0.25) is 0 Å². The largest absolute Gasteiger partial charge is 0.441 e. The second kappa shape index (κ2) is 5.75. The van der Waals surface area contributed by atoms with Gasteiger partial charge in [0.2, 0.25) is 5.85 Å². The highest BCUT2D eigenvalue weighted by atomic mass is 79.9. The molecule has 0 N–H and O–H groups in total. The van der Waals surface area contributed by atoms with E-state index in [0.717, 1.165) is 4.47 Å². The highest BCUT2D eigenvalue weighted by Crippen LogP contribution is 2.63. The molecule has 0 spiro atoms. The second-order valence-electron chi connectivity index (χ2n) is 3.86. The second-order valence-corrected chi connectivity index (χ2v) is 6.85. The van der Waals surface area contributed by atoms with Crippen LogP contribution < -0.4 is 0 Å². The van der Waals surface area contributed by atoms with E-state index >= 15 is 0 Å². The minimum Gasteiger partial charge on any atom is -0.441 e. The number of rotatable bonds is 5. The van der Waals surface area contributed by atoms with Crippen molar-refractivity contribution in [3.63, 3.8) is 0 Å². The molecule has 0 aliphatic carbocycles. The third kappa shape index (κ3) is 2.77. The number of carbonyl (C=O) groups is 1. The zero-order valence-electron chi connectivity index (χ0n) is 10.6. The first-order valence-corrected chi connectivity index (χ1v) is 8.31. The molecule has 1 aliphatic heterocycles. The van der Waals surface area contributed by atoms with Gasteiger partial charge in [-0.2, -0.15) is 0 Å². The lowest BCUT2D eigenvalue weighted by Crippen LogP contribution is -2.06. The number of hydrogen-bond acceptors (Lipinski definition) is 5. The average Bonchev–Trinajstić information content (AvgIpc) is 2.68. The molecule has 0 fully saturated rings. The van der Waals surface area contributed by atoms with Crippen molar-refractivity contribution >= 4 is 29.5 Å². The van der Waals surface area contributed by atoms with E-state index in [4.69, 9.17) is 13.8 Å². The van der Waals surface area contributed by atoms with Gasteiger partial charge in [-0.3, -0.25) is 4.57 Å². The molecule has 1 atom stereocenters. The normalized spacial score (nSPS) is 18.3. The van der Waals surface area contributed by atoms with Crippen LogP contribution in [0.5, 0.6) is 0 Å². The molecule has 7 heteroatoms. The first kappa shape index (κ1) is 14.7. The van der Waals surface area contributed by atoms with E-state index < -0.39 is 19.4 Å². The van der Waals surface area contributed by atoms with Crippen molar-refractivity contribution in [2.45, 2.75) is 19.7 Å². The topological polar surface area (TPSA) is 61.8 Å². The summed E-state index contributed by atoms with van der Waals surface area (Å²) >= 11 is 3.28. The van der Waals surface area contributed by atoms with Gasteiger partial charge in [-0.15, -0.1) is 0 Å². The van der Waals surface area contributed by atoms with Gasteiger partial charge in [-0.1, -0.05) is 22.0 Å². The Bertz CT molecular complexity index is 535. The van der Waals surface area contributed by atoms with Crippen molar-refractivity contribution in [2.75, 3.05) is 13.2 Å². The molecule has 1 aliphatic rings. The monoisotopic (exact) mass is 348 g/mol. The molecule has 1 heterocycles. The molecule has 0 amide bonds. The van der Waals surface area contributed by atoms with Gasteiger partial charge in [0.25, 0.3) is 0 Å². The van der Waals surface area contributed by atoms with Crippen molar-refractivity contribution in [3.05, 3.63) is 33.8 Å². The van der Waals surface area contributed by atoms with Gasteiger partial charge in [0.05, 0.1) is 18.8 Å². The molecular weight excluding hydrogens is 335 g/mol. The molecule has 0 saturated carbocycles. The molecule has 104 valence electrons.